The van der Waals surface area contributed by atoms with Gasteiger partial charge in [0.05, 0.1) is 22.2 Å². The van der Waals surface area contributed by atoms with Gasteiger partial charge in [-0.25, -0.2) is 13.6 Å². The fourth-order valence-corrected chi connectivity index (χ4v) is 3.37. The molecule has 0 aliphatic carbocycles. The maximum absolute atomic E-state index is 12.0. The van der Waals surface area contributed by atoms with E-state index >= 15 is 0 Å². The second kappa shape index (κ2) is 5.22. The molecular formula is C14H11N7O2S. The van der Waals surface area contributed by atoms with Gasteiger partial charge in [0.1, 0.15) is 0 Å². The third-order valence-corrected chi connectivity index (χ3v) is 4.61. The van der Waals surface area contributed by atoms with E-state index in [2.05, 4.69) is 30.8 Å². The minimum Gasteiger partial charge on any atom is -0.278 e. The molecule has 9 nitrogen and oxygen atoms in total. The quantitative estimate of drug-likeness (QED) is 0.508. The van der Waals surface area contributed by atoms with E-state index in [-0.39, 0.29) is 10.7 Å². The number of sulfonamides is 1. The molecule has 0 spiro atoms. The lowest BCUT2D eigenvalue weighted by Gasteiger charge is -2.11. The Kier molecular flexibility index (Phi) is 3.15. The molecule has 0 aliphatic rings. The average Bonchev–Trinajstić information content (AvgIpc) is 3.24. The Morgan fingerprint density at radius 1 is 1.12 bits per heavy atom. The molecule has 0 aliphatic heterocycles. The molecule has 4 N–H and O–H groups in total. The number of nitrogens with one attached hydrogen (secondary N) is 2. The minimum absolute atomic E-state index is 0.0638. The number of tetrazole rings is 1. The maximum Gasteiger partial charge on any atom is 0.238 e. The van der Waals surface area contributed by atoms with E-state index in [9.17, 15) is 8.42 Å². The largest absolute Gasteiger partial charge is 0.278 e. The van der Waals surface area contributed by atoms with Crippen LogP contribution in [0.25, 0.3) is 33.4 Å². The summed E-state index contributed by atoms with van der Waals surface area (Å²) in [4.78, 5) is -0.0638. The second-order valence-electron chi connectivity index (χ2n) is 5.13. The topological polar surface area (TPSA) is 143 Å². The normalized spacial score (nSPS) is 11.9. The van der Waals surface area contributed by atoms with Crippen LogP contribution >= 0.6 is 0 Å². The van der Waals surface area contributed by atoms with E-state index in [0.29, 0.717) is 11.1 Å². The van der Waals surface area contributed by atoms with Crippen molar-refractivity contribution in [1.29, 1.82) is 0 Å². The second-order valence-corrected chi connectivity index (χ2v) is 6.66. The minimum atomic E-state index is -3.96. The molecule has 2 aromatic carbocycles. The van der Waals surface area contributed by atoms with E-state index < -0.39 is 10.0 Å². The van der Waals surface area contributed by atoms with E-state index in [1.807, 2.05) is 18.2 Å². The SMILES string of the molecule is NS(=O)(=O)c1cccc(-c2ccc3cn[nH]c3c2)c1-c1nn[nH]n1. The summed E-state index contributed by atoms with van der Waals surface area (Å²) in [6.07, 6.45) is 1.71. The van der Waals surface area contributed by atoms with Crippen LogP contribution in [0, 0.1) is 0 Å². The molecular weight excluding hydrogens is 330 g/mol. The Labute approximate surface area is 135 Å². The molecule has 120 valence electrons. The van der Waals surface area contributed by atoms with Gasteiger partial charge < -0.3 is 0 Å². The van der Waals surface area contributed by atoms with E-state index in [0.717, 1.165) is 16.5 Å². The predicted octanol–water partition coefficient (Wildman–Crippen LogP) is 1.06. The van der Waals surface area contributed by atoms with Crippen LogP contribution in [-0.4, -0.2) is 39.2 Å². The molecule has 0 atom stereocenters. The molecule has 0 amide bonds. The van der Waals surface area contributed by atoms with Crippen molar-refractivity contribution in [1.82, 2.24) is 30.8 Å². The zero-order chi connectivity index (χ0) is 16.7. The summed E-state index contributed by atoms with van der Waals surface area (Å²) >= 11 is 0. The number of hydrogen-bond donors (Lipinski definition) is 3. The fourth-order valence-electron chi connectivity index (χ4n) is 2.61. The van der Waals surface area contributed by atoms with Gasteiger partial charge in [0.15, 0.2) is 0 Å². The van der Waals surface area contributed by atoms with Crippen molar-refractivity contribution < 1.29 is 8.42 Å². The molecule has 2 heterocycles. The first kappa shape index (κ1) is 14.5. The summed E-state index contributed by atoms with van der Waals surface area (Å²) in [6, 6.07) is 10.4. The van der Waals surface area contributed by atoms with Gasteiger partial charge in [0, 0.05) is 5.39 Å². The molecule has 24 heavy (non-hydrogen) atoms. The molecule has 10 heteroatoms. The molecule has 0 saturated heterocycles. The number of nitrogens with zero attached hydrogens (tertiary/aromatic N) is 4. The summed E-state index contributed by atoms with van der Waals surface area (Å²) in [5, 5.41) is 26.8. The van der Waals surface area contributed by atoms with Gasteiger partial charge in [-0.2, -0.15) is 10.3 Å². The standard InChI is InChI=1S/C14H11N7O2S/c15-24(22,23)12-3-1-2-10(13(12)14-18-20-21-19-14)8-4-5-9-7-16-17-11(9)6-8/h1-7H,(H,16,17)(H2,15,22,23)(H,18,19,20,21). The van der Waals surface area contributed by atoms with Crippen molar-refractivity contribution in [3.05, 3.63) is 42.6 Å². The number of fused-ring (bicyclic) bond motifs is 1. The highest BCUT2D eigenvalue weighted by molar-refractivity contribution is 7.89. The summed E-state index contributed by atoms with van der Waals surface area (Å²) in [5.41, 5.74) is 2.52. The first-order valence-corrected chi connectivity index (χ1v) is 8.42. The van der Waals surface area contributed by atoms with Gasteiger partial charge >= 0.3 is 0 Å². The van der Waals surface area contributed by atoms with Crippen molar-refractivity contribution >= 4 is 20.9 Å². The Morgan fingerprint density at radius 3 is 2.75 bits per heavy atom. The van der Waals surface area contributed by atoms with Crippen molar-refractivity contribution in [3.8, 4) is 22.5 Å². The Hall–Kier alpha value is -3.11. The van der Waals surface area contributed by atoms with Crippen LogP contribution in [-0.2, 0) is 10.0 Å². The van der Waals surface area contributed by atoms with Gasteiger partial charge in [-0.05, 0) is 28.5 Å². The van der Waals surface area contributed by atoms with E-state index in [1.165, 1.54) is 6.07 Å². The first-order chi connectivity index (χ1) is 11.5. The molecule has 2 aromatic heterocycles. The molecule has 0 saturated carbocycles. The number of H-pyrrole nitrogens is 2. The van der Waals surface area contributed by atoms with Crippen LogP contribution in [0.1, 0.15) is 0 Å². The number of nitrogens with two attached hydrogens (primary N) is 1. The van der Waals surface area contributed by atoms with Crippen molar-refractivity contribution in [2.45, 2.75) is 4.90 Å². The number of aromatic amines is 2. The number of benzene rings is 2. The zero-order valence-corrected chi connectivity index (χ0v) is 12.9. The lowest BCUT2D eigenvalue weighted by atomic mass is 9.98. The summed E-state index contributed by atoms with van der Waals surface area (Å²) in [5.74, 6) is 0.152. The van der Waals surface area contributed by atoms with Gasteiger partial charge in [-0.1, -0.05) is 24.3 Å². The highest BCUT2D eigenvalue weighted by Crippen LogP contribution is 2.35. The lowest BCUT2D eigenvalue weighted by molar-refractivity contribution is 0.598. The van der Waals surface area contributed by atoms with Crippen LogP contribution in [0.15, 0.2) is 47.5 Å². The predicted molar refractivity (Wildman–Crippen MR) is 86.1 cm³/mol. The van der Waals surface area contributed by atoms with Crippen molar-refractivity contribution in [3.63, 3.8) is 0 Å². The Balaban J connectivity index is 2.05. The highest BCUT2D eigenvalue weighted by atomic mass is 32.2. The maximum atomic E-state index is 12.0. The molecule has 4 aromatic rings. The van der Waals surface area contributed by atoms with Gasteiger partial charge in [0.25, 0.3) is 0 Å². The number of primary sulfonamides is 1. The smallest absolute Gasteiger partial charge is 0.238 e. The van der Waals surface area contributed by atoms with Crippen molar-refractivity contribution in [2.24, 2.45) is 5.14 Å². The number of rotatable bonds is 3. The average molecular weight is 341 g/mol. The van der Waals surface area contributed by atoms with Crippen LogP contribution < -0.4 is 5.14 Å². The van der Waals surface area contributed by atoms with Crippen LogP contribution in [0.3, 0.4) is 0 Å². The first-order valence-electron chi connectivity index (χ1n) is 6.87. The van der Waals surface area contributed by atoms with Gasteiger partial charge in [-0.15, -0.1) is 10.2 Å². The van der Waals surface area contributed by atoms with Crippen molar-refractivity contribution in [2.75, 3.05) is 0 Å². The van der Waals surface area contributed by atoms with Gasteiger partial charge in [0.2, 0.25) is 15.8 Å². The summed E-state index contributed by atoms with van der Waals surface area (Å²) in [6.45, 7) is 0. The fraction of sp³-hybridized carbons (Fsp3) is 0. The molecule has 4 rings (SSSR count). The van der Waals surface area contributed by atoms with E-state index in [1.54, 1.807) is 18.3 Å². The Morgan fingerprint density at radius 2 is 2.00 bits per heavy atom. The molecule has 0 fully saturated rings. The highest BCUT2D eigenvalue weighted by Gasteiger charge is 2.22. The third-order valence-electron chi connectivity index (χ3n) is 3.65. The van der Waals surface area contributed by atoms with E-state index in [4.69, 9.17) is 5.14 Å². The van der Waals surface area contributed by atoms with Gasteiger partial charge in [-0.3, -0.25) is 5.10 Å². The summed E-state index contributed by atoms with van der Waals surface area (Å²) in [7, 11) is -3.96. The molecule has 0 radical (unpaired) electrons. The zero-order valence-electron chi connectivity index (χ0n) is 12.1. The monoisotopic (exact) mass is 341 g/mol. The third kappa shape index (κ3) is 2.33. The van der Waals surface area contributed by atoms with Crippen LogP contribution in [0.5, 0.6) is 0 Å². The molecule has 0 bridgehead atoms. The van der Waals surface area contributed by atoms with Crippen LogP contribution in [0.4, 0.5) is 0 Å². The van der Waals surface area contributed by atoms with Crippen LogP contribution in [0.2, 0.25) is 0 Å². The molecule has 0 unspecified atom stereocenters. The number of hydrogen-bond acceptors (Lipinski definition) is 6. The lowest BCUT2D eigenvalue weighted by Crippen LogP contribution is -2.14. The summed E-state index contributed by atoms with van der Waals surface area (Å²) < 4.78 is 24.0. The number of aromatic nitrogens is 6. The Bertz CT molecular complexity index is 1130.